The van der Waals surface area contributed by atoms with Gasteiger partial charge in [-0.05, 0) is 19.4 Å². The fraction of sp³-hybridized carbons (Fsp3) is 0.278. The van der Waals surface area contributed by atoms with E-state index in [1.54, 1.807) is 13.8 Å². The minimum absolute atomic E-state index is 0.0301. The summed E-state index contributed by atoms with van der Waals surface area (Å²) in [5, 5.41) is 13.9. The molecule has 1 aromatic heterocycles. The molecule has 0 bridgehead atoms. The van der Waals surface area contributed by atoms with Crippen LogP contribution in [0.3, 0.4) is 0 Å². The van der Waals surface area contributed by atoms with Crippen molar-refractivity contribution in [3.8, 4) is 0 Å². The number of hydrogen-bond donors (Lipinski definition) is 1. The summed E-state index contributed by atoms with van der Waals surface area (Å²) in [4.78, 5) is 24.4. The largest absolute Gasteiger partial charge is 0.619 e. The maximum absolute atomic E-state index is 12.4. The van der Waals surface area contributed by atoms with Crippen LogP contribution < -0.4 is 10.0 Å². The highest BCUT2D eigenvalue weighted by Crippen LogP contribution is 2.18. The molecule has 1 N–H and O–H groups in total. The average molecular weight is 328 g/mol. The quantitative estimate of drug-likeness (QED) is 0.500. The minimum Gasteiger partial charge on any atom is -0.619 e. The van der Waals surface area contributed by atoms with Gasteiger partial charge < -0.3 is 15.3 Å². The second kappa shape index (κ2) is 8.10. The van der Waals surface area contributed by atoms with Gasteiger partial charge in [0.15, 0.2) is 12.4 Å². The van der Waals surface area contributed by atoms with Crippen LogP contribution in [-0.4, -0.2) is 18.0 Å². The Morgan fingerprint density at radius 1 is 1.12 bits per heavy atom. The zero-order valence-electron chi connectivity index (χ0n) is 13.6. The van der Waals surface area contributed by atoms with Gasteiger partial charge in [0, 0.05) is 12.1 Å². The number of pyridine rings is 1. The molecule has 24 heavy (non-hydrogen) atoms. The van der Waals surface area contributed by atoms with Gasteiger partial charge >= 0.3 is 5.97 Å². The SMILES string of the molecule is CC(C)OC(=O)CC(NC(=O)c1cc[n+]([O-])cc1)c1ccccc1. The first-order chi connectivity index (χ1) is 11.5. The van der Waals surface area contributed by atoms with Crippen molar-refractivity contribution in [2.45, 2.75) is 32.4 Å². The summed E-state index contributed by atoms with van der Waals surface area (Å²) >= 11 is 0. The van der Waals surface area contributed by atoms with E-state index >= 15 is 0 Å². The Morgan fingerprint density at radius 2 is 1.75 bits per heavy atom. The molecule has 2 rings (SSSR count). The van der Waals surface area contributed by atoms with E-state index in [2.05, 4.69) is 5.32 Å². The number of rotatable bonds is 6. The highest BCUT2D eigenvalue weighted by molar-refractivity contribution is 5.94. The summed E-state index contributed by atoms with van der Waals surface area (Å²) in [6.07, 6.45) is 2.31. The zero-order valence-corrected chi connectivity index (χ0v) is 13.6. The molecule has 0 radical (unpaired) electrons. The van der Waals surface area contributed by atoms with Crippen LogP contribution in [0.25, 0.3) is 0 Å². The van der Waals surface area contributed by atoms with Gasteiger partial charge in [-0.2, -0.15) is 4.73 Å². The third-order valence-electron chi connectivity index (χ3n) is 3.31. The van der Waals surface area contributed by atoms with Gasteiger partial charge in [0.25, 0.3) is 5.91 Å². The Bertz CT molecular complexity index is 684. The smallest absolute Gasteiger partial charge is 0.308 e. The molecule has 0 aliphatic heterocycles. The van der Waals surface area contributed by atoms with Crippen LogP contribution in [-0.2, 0) is 9.53 Å². The van der Waals surface area contributed by atoms with Crippen LogP contribution in [0.1, 0.15) is 42.2 Å². The summed E-state index contributed by atoms with van der Waals surface area (Å²) in [6, 6.07) is 11.6. The van der Waals surface area contributed by atoms with Crippen molar-refractivity contribution in [1.29, 1.82) is 0 Å². The lowest BCUT2D eigenvalue weighted by Gasteiger charge is -2.19. The van der Waals surface area contributed by atoms with Crippen molar-refractivity contribution in [1.82, 2.24) is 5.32 Å². The number of amides is 1. The van der Waals surface area contributed by atoms with Gasteiger partial charge in [0.2, 0.25) is 0 Å². The normalized spacial score (nSPS) is 11.8. The number of carbonyl (C=O) groups excluding carboxylic acids is 2. The second-order valence-corrected chi connectivity index (χ2v) is 5.63. The lowest BCUT2D eigenvalue weighted by atomic mass is 10.0. The molecular weight excluding hydrogens is 308 g/mol. The van der Waals surface area contributed by atoms with E-state index in [1.807, 2.05) is 30.3 Å². The highest BCUT2D eigenvalue weighted by Gasteiger charge is 2.20. The molecule has 0 saturated heterocycles. The van der Waals surface area contributed by atoms with Crippen molar-refractivity contribution in [3.05, 3.63) is 71.2 Å². The topological polar surface area (TPSA) is 82.3 Å². The lowest BCUT2D eigenvalue weighted by Crippen LogP contribution is -2.32. The summed E-state index contributed by atoms with van der Waals surface area (Å²) in [7, 11) is 0. The average Bonchev–Trinajstić information content (AvgIpc) is 2.55. The second-order valence-electron chi connectivity index (χ2n) is 5.63. The predicted octanol–water partition coefficient (Wildman–Crippen LogP) is 2.13. The van der Waals surface area contributed by atoms with Gasteiger partial charge in [-0.15, -0.1) is 0 Å². The van der Waals surface area contributed by atoms with E-state index in [-0.39, 0.29) is 24.4 Å². The van der Waals surface area contributed by atoms with Crippen molar-refractivity contribution in [2.75, 3.05) is 0 Å². The van der Waals surface area contributed by atoms with E-state index in [9.17, 15) is 14.8 Å². The summed E-state index contributed by atoms with van der Waals surface area (Å²) in [6.45, 7) is 3.55. The summed E-state index contributed by atoms with van der Waals surface area (Å²) in [5.41, 5.74) is 1.15. The van der Waals surface area contributed by atoms with Crippen molar-refractivity contribution in [2.24, 2.45) is 0 Å². The standard InChI is InChI=1S/C18H20N2O4/c1-13(2)24-17(21)12-16(14-6-4-3-5-7-14)19-18(22)15-8-10-20(23)11-9-15/h3-11,13,16H,12H2,1-2H3,(H,19,22). The third kappa shape index (κ3) is 5.08. The molecule has 6 nitrogen and oxygen atoms in total. The first-order valence-corrected chi connectivity index (χ1v) is 7.70. The number of esters is 1. The van der Waals surface area contributed by atoms with Crippen molar-refractivity contribution >= 4 is 11.9 Å². The molecule has 0 spiro atoms. The maximum atomic E-state index is 12.4. The third-order valence-corrected chi connectivity index (χ3v) is 3.31. The Morgan fingerprint density at radius 3 is 2.33 bits per heavy atom. The number of nitrogens with zero attached hydrogens (tertiary/aromatic N) is 1. The Hall–Kier alpha value is -2.89. The van der Waals surface area contributed by atoms with Crippen LogP contribution in [0.15, 0.2) is 54.9 Å². The van der Waals surface area contributed by atoms with Crippen molar-refractivity contribution < 1.29 is 19.1 Å². The molecule has 1 unspecified atom stereocenters. The first-order valence-electron chi connectivity index (χ1n) is 7.70. The number of carbonyl (C=O) groups is 2. The zero-order chi connectivity index (χ0) is 17.5. The predicted molar refractivity (Wildman–Crippen MR) is 87.9 cm³/mol. The number of ether oxygens (including phenoxy) is 1. The Kier molecular flexibility index (Phi) is 5.89. The highest BCUT2D eigenvalue weighted by atomic mass is 16.5. The molecule has 0 saturated carbocycles. The fourth-order valence-electron chi connectivity index (χ4n) is 2.22. The molecule has 1 atom stereocenters. The molecule has 1 heterocycles. The Labute approximate surface area is 140 Å². The maximum Gasteiger partial charge on any atom is 0.308 e. The van der Waals surface area contributed by atoms with Gasteiger partial charge in [0.1, 0.15) is 0 Å². The molecule has 126 valence electrons. The molecule has 2 aromatic rings. The van der Waals surface area contributed by atoms with Crippen LogP contribution in [0.4, 0.5) is 0 Å². The van der Waals surface area contributed by atoms with Crippen molar-refractivity contribution in [3.63, 3.8) is 0 Å². The van der Waals surface area contributed by atoms with E-state index in [4.69, 9.17) is 4.74 Å². The molecule has 0 aliphatic carbocycles. The van der Waals surface area contributed by atoms with Crippen LogP contribution in [0, 0.1) is 5.21 Å². The van der Waals surface area contributed by atoms with Crippen LogP contribution >= 0.6 is 0 Å². The van der Waals surface area contributed by atoms with E-state index in [1.165, 1.54) is 24.5 Å². The number of aromatic nitrogens is 1. The first kappa shape index (κ1) is 17.5. The molecule has 6 heteroatoms. The van der Waals surface area contributed by atoms with Gasteiger partial charge in [0.05, 0.1) is 24.1 Å². The fourth-order valence-corrected chi connectivity index (χ4v) is 2.22. The lowest BCUT2D eigenvalue weighted by molar-refractivity contribution is -0.605. The van der Waals surface area contributed by atoms with E-state index in [0.29, 0.717) is 10.3 Å². The molecule has 0 aliphatic rings. The minimum atomic E-state index is -0.510. The molecule has 0 fully saturated rings. The van der Waals surface area contributed by atoms with Gasteiger partial charge in [-0.3, -0.25) is 9.59 Å². The van der Waals surface area contributed by atoms with E-state index < -0.39 is 6.04 Å². The number of hydrogen-bond acceptors (Lipinski definition) is 4. The Balaban J connectivity index is 2.15. The monoisotopic (exact) mass is 328 g/mol. The van der Waals surface area contributed by atoms with Gasteiger partial charge in [-0.25, -0.2) is 0 Å². The number of nitrogens with one attached hydrogen (secondary N) is 1. The number of benzene rings is 1. The summed E-state index contributed by atoms with van der Waals surface area (Å²) in [5.74, 6) is -0.744. The van der Waals surface area contributed by atoms with Crippen LogP contribution in [0.2, 0.25) is 0 Å². The van der Waals surface area contributed by atoms with Crippen LogP contribution in [0.5, 0.6) is 0 Å². The van der Waals surface area contributed by atoms with Gasteiger partial charge in [-0.1, -0.05) is 30.3 Å². The molecule has 1 aromatic carbocycles. The molecule has 1 amide bonds. The van der Waals surface area contributed by atoms with E-state index in [0.717, 1.165) is 5.56 Å². The molecular formula is C18H20N2O4. The summed E-state index contributed by atoms with van der Waals surface area (Å²) < 4.78 is 5.77.